The predicted molar refractivity (Wildman–Crippen MR) is 71.3 cm³/mol. The minimum Gasteiger partial charge on any atom is -0.400 e. The number of ether oxygens (including phenoxy) is 5. The van der Waals surface area contributed by atoms with Gasteiger partial charge in [0, 0.05) is 5.03 Å². The molecule has 0 radical (unpaired) electrons. The Kier molecular flexibility index (Phi) is 2.21. The second kappa shape index (κ2) is 3.79. The van der Waals surface area contributed by atoms with Crippen molar-refractivity contribution in [1.82, 2.24) is 0 Å². The number of rotatable bonds is 0. The zero-order valence-electron chi connectivity index (χ0n) is 11.1. The van der Waals surface area contributed by atoms with Crippen LogP contribution >= 0.6 is 11.6 Å². The zero-order chi connectivity index (χ0) is 15.0. The van der Waals surface area contributed by atoms with E-state index in [1.807, 2.05) is 0 Å². The Balaban J connectivity index is 1.70. The molecule has 3 aliphatic heterocycles. The highest BCUT2D eigenvalue weighted by atomic mass is 35.5. The minimum absolute atomic E-state index is 0.0311. The van der Waals surface area contributed by atoms with Crippen LogP contribution in [-0.2, 0) is 29.7 Å². The van der Waals surface area contributed by atoms with Gasteiger partial charge >= 0.3 is 11.9 Å². The first-order valence-corrected chi connectivity index (χ1v) is 7.05. The molecule has 3 heterocycles. The van der Waals surface area contributed by atoms with Crippen molar-refractivity contribution >= 4 is 17.6 Å². The third-order valence-corrected chi connectivity index (χ3v) is 4.33. The van der Waals surface area contributed by atoms with Crippen molar-refractivity contribution in [2.75, 3.05) is 6.79 Å². The first-order valence-electron chi connectivity index (χ1n) is 6.67. The summed E-state index contributed by atoms with van der Waals surface area (Å²) in [5.74, 6) is -4.98. The van der Waals surface area contributed by atoms with E-state index in [0.717, 1.165) is 0 Å². The van der Waals surface area contributed by atoms with Gasteiger partial charge in [-0.15, -0.1) is 0 Å². The van der Waals surface area contributed by atoms with Crippen LogP contribution in [0.2, 0.25) is 0 Å². The average Bonchev–Trinajstić information content (AvgIpc) is 3.06. The maximum atomic E-state index is 12.1. The van der Waals surface area contributed by atoms with Crippen molar-refractivity contribution in [2.45, 2.75) is 17.5 Å². The quantitative estimate of drug-likeness (QED) is 0.682. The van der Waals surface area contributed by atoms with E-state index in [1.165, 1.54) is 0 Å². The Morgan fingerprint density at radius 1 is 1.09 bits per heavy atom. The van der Waals surface area contributed by atoms with Crippen LogP contribution < -0.4 is 0 Å². The molecule has 1 aromatic carbocycles. The van der Waals surface area contributed by atoms with Crippen molar-refractivity contribution in [3.8, 4) is 0 Å². The van der Waals surface area contributed by atoms with Gasteiger partial charge in [-0.1, -0.05) is 23.7 Å². The van der Waals surface area contributed by atoms with Crippen LogP contribution in [0.5, 0.6) is 0 Å². The highest BCUT2D eigenvalue weighted by molar-refractivity contribution is 6.31. The maximum absolute atomic E-state index is 12.1. The van der Waals surface area contributed by atoms with Gasteiger partial charge in [0.15, 0.2) is 6.79 Å². The summed E-state index contributed by atoms with van der Waals surface area (Å²) in [5.41, 5.74) is 0.853. The number of benzene rings is 1. The van der Waals surface area contributed by atoms with Gasteiger partial charge < -0.3 is 14.2 Å². The summed E-state index contributed by atoms with van der Waals surface area (Å²) in [7, 11) is 0. The number of carbonyl (C=O) groups is 1. The summed E-state index contributed by atoms with van der Waals surface area (Å²) in [4.78, 5) is 12.1. The molecule has 1 spiro atoms. The molecule has 3 atom stereocenters. The molecule has 1 aromatic rings. The zero-order valence-corrected chi connectivity index (χ0v) is 11.8. The smallest absolute Gasteiger partial charge is 0.365 e. The molecular formula is C15H9ClO6. The molecule has 5 rings (SSSR count). The van der Waals surface area contributed by atoms with E-state index in [4.69, 9.17) is 35.3 Å². The van der Waals surface area contributed by atoms with Gasteiger partial charge in [-0.3, -0.25) is 9.47 Å². The lowest BCUT2D eigenvalue weighted by molar-refractivity contribution is -0.369. The van der Waals surface area contributed by atoms with E-state index >= 15 is 0 Å². The fraction of sp³-hybridized carbons (Fsp3) is 0.267. The fourth-order valence-corrected chi connectivity index (χ4v) is 3.33. The molecule has 6 nitrogen and oxygen atoms in total. The van der Waals surface area contributed by atoms with E-state index in [0.29, 0.717) is 16.2 Å². The van der Waals surface area contributed by atoms with Crippen LogP contribution in [0, 0.1) is 0 Å². The van der Waals surface area contributed by atoms with Crippen molar-refractivity contribution in [1.29, 1.82) is 0 Å². The van der Waals surface area contributed by atoms with Gasteiger partial charge in [0.1, 0.15) is 0 Å². The third kappa shape index (κ3) is 1.32. The van der Waals surface area contributed by atoms with Crippen molar-refractivity contribution in [3.63, 3.8) is 0 Å². The molecule has 4 aliphatic rings. The summed E-state index contributed by atoms with van der Waals surface area (Å²) in [6.45, 7) is -0.0311. The van der Waals surface area contributed by atoms with Gasteiger partial charge in [0.2, 0.25) is 0 Å². The summed E-state index contributed by atoms with van der Waals surface area (Å²) in [6, 6.07) is 6.85. The number of halogens is 1. The number of allylic oxidation sites excluding steroid dienone is 2. The molecule has 7 heteroatoms. The van der Waals surface area contributed by atoms with Crippen LogP contribution in [0.4, 0.5) is 0 Å². The van der Waals surface area contributed by atoms with Crippen molar-refractivity contribution in [3.05, 3.63) is 58.7 Å². The minimum atomic E-state index is -1.71. The fourth-order valence-electron chi connectivity index (χ4n) is 3.13. The summed E-state index contributed by atoms with van der Waals surface area (Å²) >= 11 is 6.06. The van der Waals surface area contributed by atoms with Crippen molar-refractivity contribution in [2.24, 2.45) is 0 Å². The monoisotopic (exact) mass is 320 g/mol. The number of hydrogen-bond acceptors (Lipinski definition) is 6. The van der Waals surface area contributed by atoms with Crippen LogP contribution in [0.3, 0.4) is 0 Å². The summed E-state index contributed by atoms with van der Waals surface area (Å²) in [5, 5.41) is 0.416. The highest BCUT2D eigenvalue weighted by Gasteiger charge is 2.75. The van der Waals surface area contributed by atoms with Gasteiger partial charge in [-0.25, -0.2) is 4.79 Å². The molecule has 0 N–H and O–H groups in total. The molecule has 0 bridgehead atoms. The van der Waals surface area contributed by atoms with Gasteiger partial charge in [0.25, 0.3) is 11.6 Å². The molecular weight excluding hydrogens is 312 g/mol. The first kappa shape index (κ1) is 12.8. The number of carbonyl (C=O) groups excluding carboxylic acids is 1. The second-order valence-electron chi connectivity index (χ2n) is 5.30. The molecule has 22 heavy (non-hydrogen) atoms. The molecule has 2 fully saturated rings. The van der Waals surface area contributed by atoms with E-state index in [-0.39, 0.29) is 6.79 Å². The molecule has 0 saturated carbocycles. The molecule has 0 amide bonds. The Morgan fingerprint density at radius 3 is 2.77 bits per heavy atom. The Hall–Kier alpha value is -1.70. The third-order valence-electron chi connectivity index (χ3n) is 4.10. The van der Waals surface area contributed by atoms with E-state index in [2.05, 4.69) is 0 Å². The lowest BCUT2D eigenvalue weighted by Crippen LogP contribution is -2.47. The van der Waals surface area contributed by atoms with Crippen LogP contribution in [0.1, 0.15) is 15.9 Å². The molecule has 3 unspecified atom stereocenters. The van der Waals surface area contributed by atoms with Gasteiger partial charge in [-0.2, -0.15) is 0 Å². The normalized spacial score (nSPS) is 41.1. The van der Waals surface area contributed by atoms with Crippen LogP contribution in [-0.4, -0.2) is 24.3 Å². The SMILES string of the molecule is O=C1OC2(OC34C=CC(Cl)=CC3(OCO4)O2)c2ccccc21. The highest BCUT2D eigenvalue weighted by Crippen LogP contribution is 2.59. The van der Waals surface area contributed by atoms with E-state index < -0.39 is 23.5 Å². The number of esters is 1. The molecule has 1 aliphatic carbocycles. The van der Waals surface area contributed by atoms with Gasteiger partial charge in [0.05, 0.1) is 11.1 Å². The number of hydrogen-bond donors (Lipinski definition) is 0. The van der Waals surface area contributed by atoms with E-state index in [9.17, 15) is 4.79 Å². The van der Waals surface area contributed by atoms with E-state index in [1.54, 1.807) is 42.5 Å². The lowest BCUT2D eigenvalue weighted by atomic mass is 10.0. The van der Waals surface area contributed by atoms with Crippen LogP contribution in [0.25, 0.3) is 0 Å². The maximum Gasteiger partial charge on any atom is 0.365 e. The first-order chi connectivity index (χ1) is 10.6. The van der Waals surface area contributed by atoms with Crippen LogP contribution in [0.15, 0.2) is 47.5 Å². The lowest BCUT2D eigenvalue weighted by Gasteiger charge is -2.29. The molecule has 2 saturated heterocycles. The second-order valence-corrected chi connectivity index (χ2v) is 5.74. The molecule has 0 aromatic heterocycles. The van der Waals surface area contributed by atoms with Gasteiger partial charge in [-0.05, 0) is 30.4 Å². The predicted octanol–water partition coefficient (Wildman–Crippen LogP) is 2.10. The Bertz CT molecular complexity index is 773. The standard InChI is InChI=1S/C15H9ClO6/c16-9-5-6-13-14(7-9,19-8-18-13)22-15(21-13)11-4-2-1-3-10(11)12(17)20-15/h1-7H,8H2. The van der Waals surface area contributed by atoms with Crippen molar-refractivity contribution < 1.29 is 28.5 Å². The summed E-state index contributed by atoms with van der Waals surface area (Å²) < 4.78 is 28.5. The topological polar surface area (TPSA) is 63.2 Å². The largest absolute Gasteiger partial charge is 0.400 e. The average molecular weight is 321 g/mol. The molecule has 112 valence electrons. The summed E-state index contributed by atoms with van der Waals surface area (Å²) in [6.07, 6.45) is 4.77. The number of fused-ring (bicyclic) bond motifs is 2. The Morgan fingerprint density at radius 2 is 1.86 bits per heavy atom. The Labute approximate surface area is 129 Å².